The molecule has 0 spiro atoms. The van der Waals surface area contributed by atoms with Crippen LogP contribution in [-0.4, -0.2) is 34.1 Å². The van der Waals surface area contributed by atoms with Crippen LogP contribution in [0.4, 0.5) is 0 Å². The number of phosphoric acid groups is 1. The van der Waals surface area contributed by atoms with E-state index >= 15 is 0 Å². The molecule has 0 amide bonds. The Labute approximate surface area is 174 Å². The summed E-state index contributed by atoms with van der Waals surface area (Å²) < 4.78 is 31.1. The Balaban J connectivity index is 3.27. The fourth-order valence-electron chi connectivity index (χ4n) is 2.78. The Kier molecular flexibility index (Phi) is 9.09. The lowest BCUT2D eigenvalue weighted by atomic mass is 9.85. The summed E-state index contributed by atoms with van der Waals surface area (Å²) in [4.78, 5) is 11.8. The van der Waals surface area contributed by atoms with E-state index in [0.717, 1.165) is 5.69 Å². The predicted octanol–water partition coefficient (Wildman–Crippen LogP) is 5.43. The van der Waals surface area contributed by atoms with Gasteiger partial charge in [-0.25, -0.2) is 14.0 Å². The first kappa shape index (κ1) is 25.8. The molecule has 29 heavy (non-hydrogen) atoms. The average Bonchev–Trinajstić information content (AvgIpc) is 2.97. The number of aromatic carboxylic acids is 1. The first-order valence-corrected chi connectivity index (χ1v) is 11.5. The summed E-state index contributed by atoms with van der Waals surface area (Å²) in [5, 5.41) is 13.9. The van der Waals surface area contributed by atoms with E-state index in [1.54, 1.807) is 0 Å². The van der Waals surface area contributed by atoms with Gasteiger partial charge >= 0.3 is 13.8 Å². The van der Waals surface area contributed by atoms with Crippen molar-refractivity contribution in [1.82, 2.24) is 9.78 Å². The number of carboxylic acid groups (broad SMARTS) is 1. The zero-order chi connectivity index (χ0) is 22.6. The third kappa shape index (κ3) is 7.52. The summed E-state index contributed by atoms with van der Waals surface area (Å²) >= 11 is 0. The molecule has 9 heteroatoms. The molecule has 0 bridgehead atoms. The van der Waals surface area contributed by atoms with Crippen LogP contribution >= 0.6 is 7.82 Å². The van der Waals surface area contributed by atoms with E-state index in [-0.39, 0.29) is 43.4 Å². The van der Waals surface area contributed by atoms with Crippen molar-refractivity contribution < 1.29 is 28.0 Å². The lowest BCUT2D eigenvalue weighted by Gasteiger charge is -2.25. The molecule has 0 aromatic carbocycles. The quantitative estimate of drug-likeness (QED) is 0.465. The van der Waals surface area contributed by atoms with Crippen molar-refractivity contribution in [3.05, 3.63) is 17.0 Å². The van der Waals surface area contributed by atoms with Crippen LogP contribution in [-0.2, 0) is 30.3 Å². The number of rotatable bonds is 11. The summed E-state index contributed by atoms with van der Waals surface area (Å²) in [5.41, 5.74) is 0.957. The smallest absolute Gasteiger partial charge is 0.476 e. The van der Waals surface area contributed by atoms with Gasteiger partial charge in [0.1, 0.15) is 0 Å². The second kappa shape index (κ2) is 10.2. The molecule has 0 saturated heterocycles. The summed E-state index contributed by atoms with van der Waals surface area (Å²) in [6.45, 7) is 17.7. The molecule has 0 fully saturated rings. The van der Waals surface area contributed by atoms with Crippen LogP contribution in [0.5, 0.6) is 0 Å². The fraction of sp³-hybridized carbons (Fsp3) is 0.800. The fourth-order valence-corrected chi connectivity index (χ4v) is 4.22. The van der Waals surface area contributed by atoms with Gasteiger partial charge in [-0.05, 0) is 17.8 Å². The number of phosphoric ester groups is 1. The Morgan fingerprint density at radius 3 is 1.86 bits per heavy atom. The van der Waals surface area contributed by atoms with Crippen molar-refractivity contribution in [2.45, 2.75) is 80.4 Å². The Bertz CT molecular complexity index is 718. The Morgan fingerprint density at radius 1 is 1.03 bits per heavy atom. The second-order valence-corrected chi connectivity index (χ2v) is 11.1. The van der Waals surface area contributed by atoms with Crippen LogP contribution in [0.25, 0.3) is 0 Å². The van der Waals surface area contributed by atoms with E-state index in [9.17, 15) is 14.5 Å². The standard InChI is InChI=1S/C20H37N2O6P/c1-13(2)10-26-29(25,27-11-14(3)4)28-12-22-18(20(7,8)9)16(15(5)6)17(21-22)19(23)24/h13-15H,10-12H2,1-9H3,(H,23,24). The van der Waals surface area contributed by atoms with E-state index in [0.29, 0.717) is 5.56 Å². The zero-order valence-electron chi connectivity index (χ0n) is 19.2. The molecule has 0 aliphatic carbocycles. The summed E-state index contributed by atoms with van der Waals surface area (Å²) in [5.74, 6) is -0.857. The molecular weight excluding hydrogens is 395 g/mol. The number of carbonyl (C=O) groups is 1. The summed E-state index contributed by atoms with van der Waals surface area (Å²) in [6.07, 6.45) is 0. The number of hydrogen-bond acceptors (Lipinski definition) is 6. The number of aromatic nitrogens is 2. The van der Waals surface area contributed by atoms with Gasteiger partial charge in [-0.15, -0.1) is 0 Å². The van der Waals surface area contributed by atoms with Gasteiger partial charge in [0.05, 0.1) is 18.9 Å². The SMILES string of the molecule is CC(C)COP(=O)(OCC(C)C)OCn1nc(C(=O)O)c(C(C)C)c1C(C)(C)C. The van der Waals surface area contributed by atoms with Crippen molar-refractivity contribution in [2.75, 3.05) is 13.2 Å². The van der Waals surface area contributed by atoms with Gasteiger partial charge in [0.25, 0.3) is 0 Å². The van der Waals surface area contributed by atoms with Crippen molar-refractivity contribution in [2.24, 2.45) is 11.8 Å². The van der Waals surface area contributed by atoms with Crippen molar-refractivity contribution in [1.29, 1.82) is 0 Å². The van der Waals surface area contributed by atoms with Gasteiger partial charge in [-0.2, -0.15) is 5.10 Å². The lowest BCUT2D eigenvalue weighted by Crippen LogP contribution is -2.22. The van der Waals surface area contributed by atoms with Gasteiger partial charge < -0.3 is 5.11 Å². The van der Waals surface area contributed by atoms with Crippen LogP contribution < -0.4 is 0 Å². The molecule has 0 aliphatic heterocycles. The normalized spacial score (nSPS) is 13.1. The summed E-state index contributed by atoms with van der Waals surface area (Å²) in [7, 11) is -3.83. The van der Waals surface area contributed by atoms with Gasteiger partial charge in [0.2, 0.25) is 0 Å². The molecule has 0 radical (unpaired) electrons. The molecule has 0 unspecified atom stereocenters. The molecule has 1 heterocycles. The maximum atomic E-state index is 13.1. The molecule has 1 aromatic rings. The number of carboxylic acids is 1. The second-order valence-electron chi connectivity index (χ2n) is 9.40. The highest BCUT2D eigenvalue weighted by Gasteiger charge is 2.34. The maximum Gasteiger partial charge on any atom is 0.476 e. The van der Waals surface area contributed by atoms with Crippen LogP contribution in [0.1, 0.15) is 90.0 Å². The van der Waals surface area contributed by atoms with Crippen LogP contribution in [0, 0.1) is 11.8 Å². The number of hydrogen-bond donors (Lipinski definition) is 1. The molecule has 0 saturated carbocycles. The van der Waals surface area contributed by atoms with E-state index in [2.05, 4.69) is 5.10 Å². The molecular formula is C20H37N2O6P. The topological polar surface area (TPSA) is 99.9 Å². The van der Waals surface area contributed by atoms with Crippen molar-refractivity contribution in [3.8, 4) is 0 Å². The minimum Gasteiger partial charge on any atom is -0.476 e. The third-order valence-corrected chi connectivity index (χ3v) is 5.31. The molecule has 168 valence electrons. The minimum atomic E-state index is -3.83. The number of nitrogens with zero attached hydrogens (tertiary/aromatic N) is 2. The molecule has 0 atom stereocenters. The summed E-state index contributed by atoms with van der Waals surface area (Å²) in [6, 6.07) is 0. The molecule has 1 N–H and O–H groups in total. The molecule has 0 aliphatic rings. The van der Waals surface area contributed by atoms with E-state index in [1.807, 2.05) is 62.3 Å². The monoisotopic (exact) mass is 432 g/mol. The van der Waals surface area contributed by atoms with E-state index < -0.39 is 19.2 Å². The third-order valence-electron chi connectivity index (χ3n) is 3.95. The minimum absolute atomic E-state index is 0.0189. The highest BCUT2D eigenvalue weighted by atomic mass is 31.2. The van der Waals surface area contributed by atoms with Gasteiger partial charge in [0, 0.05) is 11.0 Å². The highest BCUT2D eigenvalue weighted by molar-refractivity contribution is 7.48. The molecule has 8 nitrogen and oxygen atoms in total. The van der Waals surface area contributed by atoms with Crippen molar-refractivity contribution in [3.63, 3.8) is 0 Å². The van der Waals surface area contributed by atoms with Crippen LogP contribution in [0.2, 0.25) is 0 Å². The maximum absolute atomic E-state index is 13.1. The average molecular weight is 432 g/mol. The zero-order valence-corrected chi connectivity index (χ0v) is 20.1. The predicted molar refractivity (Wildman–Crippen MR) is 112 cm³/mol. The van der Waals surface area contributed by atoms with Crippen LogP contribution in [0.3, 0.4) is 0 Å². The van der Waals surface area contributed by atoms with Gasteiger partial charge in [-0.3, -0.25) is 13.6 Å². The first-order valence-electron chi connectivity index (χ1n) is 10.1. The largest absolute Gasteiger partial charge is 0.476 e. The molecule has 1 aromatic heterocycles. The van der Waals surface area contributed by atoms with Crippen molar-refractivity contribution >= 4 is 13.8 Å². The highest BCUT2D eigenvalue weighted by Crippen LogP contribution is 2.50. The Hall–Kier alpha value is -1.21. The molecule has 1 rings (SSSR count). The van der Waals surface area contributed by atoms with Gasteiger partial charge in [0.15, 0.2) is 12.4 Å². The lowest BCUT2D eigenvalue weighted by molar-refractivity contribution is 0.0672. The van der Waals surface area contributed by atoms with Gasteiger partial charge in [-0.1, -0.05) is 62.3 Å². The van der Waals surface area contributed by atoms with E-state index in [1.165, 1.54) is 4.68 Å². The first-order chi connectivity index (χ1) is 13.2. The van der Waals surface area contributed by atoms with E-state index in [4.69, 9.17) is 13.6 Å². The Morgan fingerprint density at radius 2 is 1.52 bits per heavy atom. The van der Waals surface area contributed by atoms with Crippen LogP contribution in [0.15, 0.2) is 0 Å².